The molecule has 0 saturated carbocycles. The van der Waals surface area contributed by atoms with E-state index in [2.05, 4.69) is 15.2 Å². The molecule has 0 aliphatic rings. The van der Waals surface area contributed by atoms with E-state index in [1.807, 2.05) is 25.1 Å². The van der Waals surface area contributed by atoms with Gasteiger partial charge in [0, 0.05) is 11.6 Å². The van der Waals surface area contributed by atoms with E-state index in [1.165, 1.54) is 0 Å². The molecule has 5 nitrogen and oxygen atoms in total. The van der Waals surface area contributed by atoms with Gasteiger partial charge in [0.25, 0.3) is 0 Å². The summed E-state index contributed by atoms with van der Waals surface area (Å²) in [5.41, 5.74) is 10.5. The Labute approximate surface area is 104 Å². The number of aromatic amines is 2. The topological polar surface area (TPSA) is 79.7 Å². The molecule has 1 aromatic carbocycles. The van der Waals surface area contributed by atoms with E-state index < -0.39 is 0 Å². The summed E-state index contributed by atoms with van der Waals surface area (Å²) in [7, 11) is 1.67. The fourth-order valence-electron chi connectivity index (χ4n) is 2.27. The second kappa shape index (κ2) is 3.80. The van der Waals surface area contributed by atoms with Gasteiger partial charge in [-0.3, -0.25) is 5.10 Å². The zero-order chi connectivity index (χ0) is 12.7. The number of H-pyrrole nitrogens is 2. The molecule has 0 saturated heterocycles. The number of benzene rings is 1. The number of methoxy groups -OCH3 is 1. The Kier molecular flexibility index (Phi) is 2.26. The highest BCUT2D eigenvalue weighted by Gasteiger charge is 2.13. The van der Waals surface area contributed by atoms with Crippen LogP contribution in [0.2, 0.25) is 0 Å². The highest BCUT2D eigenvalue weighted by Crippen LogP contribution is 2.35. The predicted molar refractivity (Wildman–Crippen MR) is 71.6 cm³/mol. The maximum atomic E-state index is 6.03. The first-order valence-electron chi connectivity index (χ1n) is 5.66. The van der Waals surface area contributed by atoms with Crippen LogP contribution in [-0.2, 0) is 0 Å². The molecule has 3 aromatic rings. The average Bonchev–Trinajstić information content (AvgIpc) is 2.97. The molecule has 0 aliphatic heterocycles. The van der Waals surface area contributed by atoms with Gasteiger partial charge in [-0.1, -0.05) is 0 Å². The summed E-state index contributed by atoms with van der Waals surface area (Å²) in [6.45, 7) is 1.98. The second-order valence-corrected chi connectivity index (χ2v) is 4.26. The molecular formula is C13H14N4O. The van der Waals surface area contributed by atoms with E-state index in [9.17, 15) is 0 Å². The predicted octanol–water partition coefficient (Wildman–Crippen LogP) is 2.46. The molecule has 0 unspecified atom stereocenters. The molecule has 4 N–H and O–H groups in total. The molecule has 0 radical (unpaired) electrons. The molecule has 0 aliphatic carbocycles. The van der Waals surface area contributed by atoms with E-state index in [1.54, 1.807) is 13.3 Å². The normalized spacial score (nSPS) is 11.0. The number of aryl methyl sites for hydroxylation is 1. The SMILES string of the molecule is COc1c(C)cc(N)c2[nH]c(-c3ccn[nH]3)cc12. The number of ether oxygens (including phenoxy) is 1. The third-order valence-corrected chi connectivity index (χ3v) is 3.08. The first-order chi connectivity index (χ1) is 8.70. The van der Waals surface area contributed by atoms with Crippen LogP contribution in [0.5, 0.6) is 5.75 Å². The van der Waals surface area contributed by atoms with Gasteiger partial charge < -0.3 is 15.5 Å². The molecule has 3 rings (SSSR count). The number of rotatable bonds is 2. The third kappa shape index (κ3) is 1.44. The van der Waals surface area contributed by atoms with Crippen LogP contribution < -0.4 is 10.5 Å². The lowest BCUT2D eigenvalue weighted by atomic mass is 10.1. The quantitative estimate of drug-likeness (QED) is 0.604. The molecule has 2 heterocycles. The number of nitrogen functional groups attached to an aromatic ring is 1. The number of fused-ring (bicyclic) bond motifs is 1. The lowest BCUT2D eigenvalue weighted by molar-refractivity contribution is 0.417. The fraction of sp³-hybridized carbons (Fsp3) is 0.154. The maximum absolute atomic E-state index is 6.03. The van der Waals surface area contributed by atoms with E-state index in [0.29, 0.717) is 5.69 Å². The third-order valence-electron chi connectivity index (χ3n) is 3.08. The van der Waals surface area contributed by atoms with Crippen molar-refractivity contribution < 1.29 is 4.74 Å². The summed E-state index contributed by atoms with van der Waals surface area (Å²) < 4.78 is 5.44. The summed E-state index contributed by atoms with van der Waals surface area (Å²) in [5, 5.41) is 7.85. The minimum absolute atomic E-state index is 0.717. The van der Waals surface area contributed by atoms with Crippen LogP contribution in [0.3, 0.4) is 0 Å². The molecular weight excluding hydrogens is 228 g/mol. The second-order valence-electron chi connectivity index (χ2n) is 4.26. The summed E-state index contributed by atoms with van der Waals surface area (Å²) in [6, 6.07) is 5.83. The van der Waals surface area contributed by atoms with Crippen molar-refractivity contribution in [3.8, 4) is 17.1 Å². The highest BCUT2D eigenvalue weighted by atomic mass is 16.5. The fourth-order valence-corrected chi connectivity index (χ4v) is 2.27. The largest absolute Gasteiger partial charge is 0.496 e. The Balaban J connectivity index is 2.32. The molecule has 0 spiro atoms. The number of hydrogen-bond donors (Lipinski definition) is 3. The monoisotopic (exact) mass is 242 g/mol. The minimum atomic E-state index is 0.717. The van der Waals surface area contributed by atoms with Gasteiger partial charge >= 0.3 is 0 Å². The van der Waals surface area contributed by atoms with E-state index in [4.69, 9.17) is 10.5 Å². The van der Waals surface area contributed by atoms with Crippen molar-refractivity contribution >= 4 is 16.6 Å². The Hall–Kier alpha value is -2.43. The van der Waals surface area contributed by atoms with Crippen LogP contribution in [0.15, 0.2) is 24.4 Å². The Morgan fingerprint density at radius 3 is 2.78 bits per heavy atom. The maximum Gasteiger partial charge on any atom is 0.131 e. The minimum Gasteiger partial charge on any atom is -0.496 e. The molecule has 2 aromatic heterocycles. The van der Waals surface area contributed by atoms with Crippen molar-refractivity contribution in [3.63, 3.8) is 0 Å². The van der Waals surface area contributed by atoms with Gasteiger partial charge in [0.1, 0.15) is 5.75 Å². The van der Waals surface area contributed by atoms with Gasteiger partial charge in [-0.2, -0.15) is 5.10 Å². The van der Waals surface area contributed by atoms with Crippen molar-refractivity contribution in [1.29, 1.82) is 0 Å². The zero-order valence-corrected chi connectivity index (χ0v) is 10.2. The average molecular weight is 242 g/mol. The molecule has 0 amide bonds. The van der Waals surface area contributed by atoms with Gasteiger partial charge in [-0.05, 0) is 30.7 Å². The van der Waals surface area contributed by atoms with Gasteiger partial charge in [-0.25, -0.2) is 0 Å². The first kappa shape index (κ1) is 10.7. The molecule has 5 heteroatoms. The molecule has 18 heavy (non-hydrogen) atoms. The molecule has 0 bridgehead atoms. The Morgan fingerprint density at radius 1 is 1.28 bits per heavy atom. The van der Waals surface area contributed by atoms with Crippen molar-refractivity contribution in [2.24, 2.45) is 0 Å². The van der Waals surface area contributed by atoms with Crippen LogP contribution >= 0.6 is 0 Å². The first-order valence-corrected chi connectivity index (χ1v) is 5.66. The number of anilines is 1. The number of hydrogen-bond acceptors (Lipinski definition) is 3. The number of nitrogens with two attached hydrogens (primary N) is 1. The zero-order valence-electron chi connectivity index (χ0n) is 10.2. The van der Waals surface area contributed by atoms with Crippen molar-refractivity contribution in [3.05, 3.63) is 30.0 Å². The van der Waals surface area contributed by atoms with Crippen LogP contribution in [-0.4, -0.2) is 22.3 Å². The number of nitrogens with one attached hydrogen (secondary N) is 2. The van der Waals surface area contributed by atoms with Crippen LogP contribution in [0.4, 0.5) is 5.69 Å². The van der Waals surface area contributed by atoms with E-state index in [0.717, 1.165) is 33.6 Å². The lowest BCUT2D eigenvalue weighted by Crippen LogP contribution is -1.92. The van der Waals surface area contributed by atoms with Gasteiger partial charge in [0.05, 0.1) is 29.7 Å². The lowest BCUT2D eigenvalue weighted by Gasteiger charge is -2.07. The van der Waals surface area contributed by atoms with E-state index in [-0.39, 0.29) is 0 Å². The Morgan fingerprint density at radius 2 is 2.11 bits per heavy atom. The van der Waals surface area contributed by atoms with Crippen molar-refractivity contribution in [2.75, 3.05) is 12.8 Å². The van der Waals surface area contributed by atoms with Crippen molar-refractivity contribution in [2.45, 2.75) is 6.92 Å². The standard InChI is InChI=1S/C13H14N4O/c1-7-5-9(14)12-8(13(7)18-2)6-11(16-12)10-3-4-15-17-10/h3-6,16H,14H2,1-2H3,(H,15,17). The summed E-state index contributed by atoms with van der Waals surface area (Å²) in [5.74, 6) is 0.848. The van der Waals surface area contributed by atoms with Crippen LogP contribution in [0.25, 0.3) is 22.3 Å². The number of nitrogens with zero attached hydrogens (tertiary/aromatic N) is 1. The molecule has 0 fully saturated rings. The summed E-state index contributed by atoms with van der Waals surface area (Å²) >= 11 is 0. The van der Waals surface area contributed by atoms with Gasteiger partial charge in [-0.15, -0.1) is 0 Å². The summed E-state index contributed by atoms with van der Waals surface area (Å²) in [4.78, 5) is 3.29. The highest BCUT2D eigenvalue weighted by molar-refractivity contribution is 5.98. The van der Waals surface area contributed by atoms with Crippen molar-refractivity contribution in [1.82, 2.24) is 15.2 Å². The van der Waals surface area contributed by atoms with Gasteiger partial charge in [0.2, 0.25) is 0 Å². The van der Waals surface area contributed by atoms with Crippen LogP contribution in [0, 0.1) is 6.92 Å². The van der Waals surface area contributed by atoms with Gasteiger partial charge in [0.15, 0.2) is 0 Å². The van der Waals surface area contributed by atoms with Crippen LogP contribution in [0.1, 0.15) is 5.56 Å². The smallest absolute Gasteiger partial charge is 0.131 e. The number of aromatic nitrogens is 3. The molecule has 92 valence electrons. The Bertz CT molecular complexity index is 697. The van der Waals surface area contributed by atoms with E-state index >= 15 is 0 Å². The molecule has 0 atom stereocenters. The summed E-state index contributed by atoms with van der Waals surface area (Å²) in [6.07, 6.45) is 1.71.